The molecular weight excluding hydrogens is 691 g/mol. The molecule has 0 amide bonds. The van der Waals surface area contributed by atoms with E-state index in [2.05, 4.69) is 194 Å². The van der Waals surface area contributed by atoms with Crippen LogP contribution in [0.3, 0.4) is 0 Å². The van der Waals surface area contributed by atoms with Gasteiger partial charge in [-0.25, -0.2) is 9.97 Å². The summed E-state index contributed by atoms with van der Waals surface area (Å²) in [6, 6.07) is 64.8. The Kier molecular flexibility index (Phi) is 5.90. The molecule has 8 aromatic carbocycles. The zero-order chi connectivity index (χ0) is 37.6. The van der Waals surface area contributed by atoms with Crippen LogP contribution in [-0.2, 0) is 10.8 Å². The van der Waals surface area contributed by atoms with Crippen LogP contribution in [-0.4, -0.2) is 14.5 Å². The summed E-state index contributed by atoms with van der Waals surface area (Å²) in [5, 5.41) is 4.89. The van der Waals surface area contributed by atoms with Crippen molar-refractivity contribution in [2.24, 2.45) is 0 Å². The van der Waals surface area contributed by atoms with Gasteiger partial charge in [-0.3, -0.25) is 4.57 Å². The van der Waals surface area contributed by atoms with Crippen LogP contribution in [0.25, 0.3) is 83.3 Å². The van der Waals surface area contributed by atoms with Crippen molar-refractivity contribution in [1.82, 2.24) is 14.5 Å². The number of hydrogen-bond acceptors (Lipinski definition) is 2. The van der Waals surface area contributed by atoms with Crippen LogP contribution in [0.15, 0.2) is 176 Å². The van der Waals surface area contributed by atoms with Crippen molar-refractivity contribution in [3.8, 4) is 50.7 Å². The first-order chi connectivity index (χ1) is 28.0. The van der Waals surface area contributed by atoms with Crippen molar-refractivity contribution < 1.29 is 0 Å². The highest BCUT2D eigenvalue weighted by atomic mass is 15.1. The maximum Gasteiger partial charge on any atom is 0.162 e. The molecule has 0 atom stereocenters. The first-order valence-corrected chi connectivity index (χ1v) is 19.9. The second-order valence-electron chi connectivity index (χ2n) is 16.4. The number of para-hydroxylation sites is 1. The molecule has 0 saturated carbocycles. The van der Waals surface area contributed by atoms with E-state index in [1.54, 1.807) is 0 Å². The predicted octanol–water partition coefficient (Wildman–Crippen LogP) is 13.0. The van der Waals surface area contributed by atoms with E-state index in [1.807, 2.05) is 0 Å². The SMILES string of the molecule is CC1(C)c2ccccc2-c2nc(-c3cccc4c3-c3ccccc3C43c4ccccc4-c4ccccc43)nc(-n3c4ccccc4c4cc5ccccc5cc43)c21. The fourth-order valence-corrected chi connectivity index (χ4v) is 11.1. The Labute approximate surface area is 330 Å². The monoisotopic (exact) mass is 725 g/mol. The summed E-state index contributed by atoms with van der Waals surface area (Å²) < 4.78 is 2.43. The number of nitrogens with zero attached hydrogens (tertiary/aromatic N) is 3. The molecule has 2 aromatic heterocycles. The molecule has 3 nitrogen and oxygen atoms in total. The fraction of sp³-hybridized carbons (Fsp3) is 0.0741. The topological polar surface area (TPSA) is 30.7 Å². The molecule has 57 heavy (non-hydrogen) atoms. The van der Waals surface area contributed by atoms with Crippen LogP contribution >= 0.6 is 0 Å². The van der Waals surface area contributed by atoms with Gasteiger partial charge in [0.25, 0.3) is 0 Å². The second kappa shape index (κ2) is 10.8. The van der Waals surface area contributed by atoms with E-state index in [4.69, 9.17) is 9.97 Å². The summed E-state index contributed by atoms with van der Waals surface area (Å²) >= 11 is 0. The molecule has 0 fully saturated rings. The molecule has 0 aliphatic heterocycles. The van der Waals surface area contributed by atoms with Gasteiger partial charge in [-0.05, 0) is 79.0 Å². The van der Waals surface area contributed by atoms with Crippen molar-refractivity contribution in [3.63, 3.8) is 0 Å². The molecule has 3 heteroatoms. The molecule has 0 saturated heterocycles. The van der Waals surface area contributed by atoms with E-state index >= 15 is 0 Å². The highest BCUT2D eigenvalue weighted by molar-refractivity contribution is 6.14. The Morgan fingerprint density at radius 3 is 1.70 bits per heavy atom. The number of fused-ring (bicyclic) bond motifs is 17. The largest absolute Gasteiger partial charge is 0.293 e. The molecule has 266 valence electrons. The highest BCUT2D eigenvalue weighted by Crippen LogP contribution is 2.64. The minimum absolute atomic E-state index is 0.332. The third-order valence-corrected chi connectivity index (χ3v) is 13.4. The van der Waals surface area contributed by atoms with Crippen molar-refractivity contribution in [2.75, 3.05) is 0 Å². The Morgan fingerprint density at radius 2 is 0.965 bits per heavy atom. The lowest BCUT2D eigenvalue weighted by molar-refractivity contribution is 0.650. The molecule has 3 aliphatic carbocycles. The van der Waals surface area contributed by atoms with Gasteiger partial charge in [-0.2, -0.15) is 0 Å². The fourth-order valence-electron chi connectivity index (χ4n) is 11.1. The maximum atomic E-state index is 5.82. The van der Waals surface area contributed by atoms with Gasteiger partial charge < -0.3 is 0 Å². The highest BCUT2D eigenvalue weighted by Gasteiger charge is 2.52. The summed E-state index contributed by atoms with van der Waals surface area (Å²) in [6.07, 6.45) is 0. The molecule has 3 aliphatic rings. The summed E-state index contributed by atoms with van der Waals surface area (Å²) in [5.41, 5.74) is 17.5. The molecule has 2 heterocycles. The maximum absolute atomic E-state index is 5.82. The molecule has 13 rings (SSSR count). The lowest BCUT2D eigenvalue weighted by Gasteiger charge is -2.30. The van der Waals surface area contributed by atoms with Crippen LogP contribution in [0.1, 0.15) is 47.2 Å². The normalized spacial score (nSPS) is 14.8. The van der Waals surface area contributed by atoms with E-state index in [-0.39, 0.29) is 5.41 Å². The minimum atomic E-state index is -0.447. The molecule has 0 unspecified atom stereocenters. The Morgan fingerprint density at radius 1 is 0.421 bits per heavy atom. The number of hydrogen-bond donors (Lipinski definition) is 0. The molecule has 1 spiro atoms. The van der Waals surface area contributed by atoms with Gasteiger partial charge in [0.2, 0.25) is 0 Å². The standard InChI is InChI=1S/C54H35N3/c1-53(2)41-24-10-8-22-38(41)50-49(53)52(57-46-29-14-9-20-36(46)40-30-32-16-3-4-17-33(32)31-47(40)57)56-51(55-50)39-23-15-28-45-48(39)37-21-7-13-27-44(37)54(45)42-25-11-5-18-34(42)35-19-6-12-26-43(35)54/h3-31H,1-2H3. The van der Waals surface area contributed by atoms with Crippen LogP contribution < -0.4 is 0 Å². The number of benzene rings is 8. The lowest BCUT2D eigenvalue weighted by atomic mass is 9.70. The summed E-state index contributed by atoms with van der Waals surface area (Å²) in [6.45, 7) is 4.67. The Bertz CT molecular complexity index is 3350. The number of rotatable bonds is 2. The Balaban J connectivity index is 1.17. The first-order valence-electron chi connectivity index (χ1n) is 19.9. The van der Waals surface area contributed by atoms with Crippen LogP contribution in [0, 0.1) is 0 Å². The van der Waals surface area contributed by atoms with Gasteiger partial charge >= 0.3 is 0 Å². The third kappa shape index (κ3) is 3.77. The van der Waals surface area contributed by atoms with Gasteiger partial charge in [-0.1, -0.05) is 172 Å². The lowest BCUT2D eigenvalue weighted by Crippen LogP contribution is -2.25. The zero-order valence-corrected chi connectivity index (χ0v) is 31.6. The van der Waals surface area contributed by atoms with Gasteiger partial charge in [0, 0.05) is 32.9 Å². The van der Waals surface area contributed by atoms with Gasteiger partial charge in [0.1, 0.15) is 5.82 Å². The van der Waals surface area contributed by atoms with Crippen molar-refractivity contribution in [2.45, 2.75) is 24.7 Å². The molecule has 0 radical (unpaired) electrons. The van der Waals surface area contributed by atoms with E-state index in [9.17, 15) is 0 Å². The molecule has 10 aromatic rings. The smallest absolute Gasteiger partial charge is 0.162 e. The van der Waals surface area contributed by atoms with Gasteiger partial charge in [0.15, 0.2) is 5.82 Å². The van der Waals surface area contributed by atoms with E-state index in [0.717, 1.165) is 39.5 Å². The summed E-state index contributed by atoms with van der Waals surface area (Å²) in [5.74, 6) is 1.68. The minimum Gasteiger partial charge on any atom is -0.293 e. The van der Waals surface area contributed by atoms with Crippen molar-refractivity contribution in [3.05, 3.63) is 209 Å². The first kappa shape index (κ1) is 31.1. The molecule has 0 N–H and O–H groups in total. The Hall–Kier alpha value is -7.10. The summed E-state index contributed by atoms with van der Waals surface area (Å²) in [4.78, 5) is 11.5. The predicted molar refractivity (Wildman–Crippen MR) is 233 cm³/mol. The van der Waals surface area contributed by atoms with Crippen LogP contribution in [0.4, 0.5) is 0 Å². The van der Waals surface area contributed by atoms with Crippen LogP contribution in [0.5, 0.6) is 0 Å². The quantitative estimate of drug-likeness (QED) is 0.178. The molecular formula is C54H35N3. The average molecular weight is 726 g/mol. The van der Waals surface area contributed by atoms with Crippen molar-refractivity contribution >= 4 is 32.6 Å². The van der Waals surface area contributed by atoms with Crippen LogP contribution in [0.2, 0.25) is 0 Å². The second-order valence-corrected chi connectivity index (χ2v) is 16.4. The van der Waals surface area contributed by atoms with E-state index in [0.29, 0.717) is 0 Å². The number of aromatic nitrogens is 3. The van der Waals surface area contributed by atoms with E-state index < -0.39 is 5.41 Å². The van der Waals surface area contributed by atoms with Gasteiger partial charge in [-0.15, -0.1) is 0 Å². The van der Waals surface area contributed by atoms with E-state index in [1.165, 1.54) is 77.2 Å². The van der Waals surface area contributed by atoms with Gasteiger partial charge in [0.05, 0.1) is 22.1 Å². The third-order valence-electron chi connectivity index (χ3n) is 13.4. The summed E-state index contributed by atoms with van der Waals surface area (Å²) in [7, 11) is 0. The zero-order valence-electron chi connectivity index (χ0n) is 31.6. The average Bonchev–Trinajstić information content (AvgIpc) is 3.93. The van der Waals surface area contributed by atoms with Crippen molar-refractivity contribution in [1.29, 1.82) is 0 Å². The molecule has 0 bridgehead atoms.